The number of hydrogen-bond donors (Lipinski definition) is 1. The van der Waals surface area contributed by atoms with Gasteiger partial charge < -0.3 is 9.84 Å². The standard InChI is InChI=1S/C14H17NO4/c1-14(2,3)15(13(17)18)10-5-6-11-9(8-10)4-7-12(16)19-11/h5-6,8H,4,7H2,1-3H3,(H,17,18). The van der Waals surface area contributed by atoms with Crippen LogP contribution < -0.4 is 9.64 Å². The summed E-state index contributed by atoms with van der Waals surface area (Å²) in [6.45, 7) is 5.50. The molecule has 0 bridgehead atoms. The van der Waals surface area contributed by atoms with Crippen molar-refractivity contribution in [3.05, 3.63) is 23.8 Å². The SMILES string of the molecule is CC(C)(C)N(C(=O)O)c1ccc2c(c1)CCC(=O)O2. The quantitative estimate of drug-likeness (QED) is 0.625. The van der Waals surface area contributed by atoms with E-state index < -0.39 is 11.6 Å². The van der Waals surface area contributed by atoms with Crippen LogP contribution in [0.25, 0.3) is 0 Å². The highest BCUT2D eigenvalue weighted by molar-refractivity contribution is 5.88. The Labute approximate surface area is 111 Å². The lowest BCUT2D eigenvalue weighted by Crippen LogP contribution is -2.45. The number of carboxylic acid groups (broad SMARTS) is 1. The molecular weight excluding hydrogens is 246 g/mol. The Bertz CT molecular complexity index is 531. The average Bonchev–Trinajstić information content (AvgIpc) is 2.27. The number of aryl methyl sites for hydroxylation is 1. The summed E-state index contributed by atoms with van der Waals surface area (Å²) >= 11 is 0. The molecule has 0 unspecified atom stereocenters. The number of carbonyl (C=O) groups is 2. The second-order valence-corrected chi connectivity index (χ2v) is 5.55. The van der Waals surface area contributed by atoms with Crippen molar-refractivity contribution in [2.75, 3.05) is 4.90 Å². The largest absolute Gasteiger partial charge is 0.465 e. The van der Waals surface area contributed by atoms with Crippen LogP contribution in [-0.4, -0.2) is 22.7 Å². The Kier molecular flexibility index (Phi) is 3.22. The van der Waals surface area contributed by atoms with Crippen molar-refractivity contribution in [3.63, 3.8) is 0 Å². The maximum Gasteiger partial charge on any atom is 0.412 e. The Morgan fingerprint density at radius 1 is 1.32 bits per heavy atom. The number of amides is 1. The molecule has 1 aliphatic rings. The fraction of sp³-hybridized carbons (Fsp3) is 0.429. The van der Waals surface area contributed by atoms with E-state index in [1.807, 2.05) is 20.8 Å². The first-order valence-electron chi connectivity index (χ1n) is 6.16. The minimum absolute atomic E-state index is 0.244. The highest BCUT2D eigenvalue weighted by atomic mass is 16.5. The zero-order valence-corrected chi connectivity index (χ0v) is 11.3. The molecule has 1 amide bonds. The van der Waals surface area contributed by atoms with E-state index >= 15 is 0 Å². The molecule has 1 aliphatic heterocycles. The van der Waals surface area contributed by atoms with Crippen LogP contribution in [0.1, 0.15) is 32.8 Å². The lowest BCUT2D eigenvalue weighted by atomic mass is 10.0. The summed E-state index contributed by atoms with van der Waals surface area (Å²) in [5, 5.41) is 9.35. The van der Waals surface area contributed by atoms with Crippen LogP contribution in [0.3, 0.4) is 0 Å². The highest BCUT2D eigenvalue weighted by Gasteiger charge is 2.29. The van der Waals surface area contributed by atoms with Crippen LogP contribution >= 0.6 is 0 Å². The van der Waals surface area contributed by atoms with Gasteiger partial charge in [-0.05, 0) is 51.0 Å². The number of rotatable bonds is 1. The van der Waals surface area contributed by atoms with Gasteiger partial charge in [-0.25, -0.2) is 4.79 Å². The zero-order chi connectivity index (χ0) is 14.2. The minimum atomic E-state index is -1.000. The molecule has 1 heterocycles. The summed E-state index contributed by atoms with van der Waals surface area (Å²) in [7, 11) is 0. The van der Waals surface area contributed by atoms with E-state index in [9.17, 15) is 14.7 Å². The van der Waals surface area contributed by atoms with Crippen molar-refractivity contribution >= 4 is 17.7 Å². The predicted octanol–water partition coefficient (Wildman–Crippen LogP) is 2.82. The molecule has 5 nitrogen and oxygen atoms in total. The molecule has 0 fully saturated rings. The van der Waals surface area contributed by atoms with Crippen LogP contribution in [-0.2, 0) is 11.2 Å². The Hall–Kier alpha value is -2.04. The second-order valence-electron chi connectivity index (χ2n) is 5.55. The highest BCUT2D eigenvalue weighted by Crippen LogP contribution is 2.32. The molecule has 0 saturated heterocycles. The molecule has 0 radical (unpaired) electrons. The lowest BCUT2D eigenvalue weighted by Gasteiger charge is -2.33. The fourth-order valence-electron chi connectivity index (χ4n) is 2.19. The molecule has 5 heteroatoms. The molecule has 2 rings (SSSR count). The van der Waals surface area contributed by atoms with Gasteiger partial charge in [0.1, 0.15) is 5.75 Å². The van der Waals surface area contributed by atoms with E-state index in [1.54, 1.807) is 18.2 Å². The van der Waals surface area contributed by atoms with E-state index in [0.29, 0.717) is 24.3 Å². The molecule has 0 saturated carbocycles. The zero-order valence-electron chi connectivity index (χ0n) is 11.3. The fourth-order valence-corrected chi connectivity index (χ4v) is 2.19. The lowest BCUT2D eigenvalue weighted by molar-refractivity contribution is -0.135. The van der Waals surface area contributed by atoms with Gasteiger partial charge in [-0.2, -0.15) is 0 Å². The average molecular weight is 263 g/mol. The molecule has 1 N–H and O–H groups in total. The van der Waals surface area contributed by atoms with Gasteiger partial charge in [0.2, 0.25) is 0 Å². The number of anilines is 1. The van der Waals surface area contributed by atoms with E-state index in [1.165, 1.54) is 4.90 Å². The molecule has 19 heavy (non-hydrogen) atoms. The number of nitrogens with zero attached hydrogens (tertiary/aromatic N) is 1. The molecule has 0 aliphatic carbocycles. The first-order valence-corrected chi connectivity index (χ1v) is 6.16. The van der Waals surface area contributed by atoms with Gasteiger partial charge >= 0.3 is 12.1 Å². The van der Waals surface area contributed by atoms with E-state index in [0.717, 1.165) is 5.56 Å². The van der Waals surface area contributed by atoms with Gasteiger partial charge in [-0.1, -0.05) is 0 Å². The minimum Gasteiger partial charge on any atom is -0.465 e. The molecule has 0 atom stereocenters. The molecule has 1 aromatic rings. The third-order valence-corrected chi connectivity index (χ3v) is 2.99. The van der Waals surface area contributed by atoms with Crippen molar-refractivity contribution in [1.82, 2.24) is 0 Å². The van der Waals surface area contributed by atoms with Crippen molar-refractivity contribution in [3.8, 4) is 5.75 Å². The van der Waals surface area contributed by atoms with E-state index in [-0.39, 0.29) is 5.97 Å². The van der Waals surface area contributed by atoms with Crippen LogP contribution in [0.5, 0.6) is 5.75 Å². The van der Waals surface area contributed by atoms with E-state index in [2.05, 4.69) is 0 Å². The Morgan fingerprint density at radius 2 is 2.00 bits per heavy atom. The molecule has 0 spiro atoms. The van der Waals surface area contributed by atoms with Gasteiger partial charge in [0.15, 0.2) is 0 Å². The third kappa shape index (κ3) is 2.70. The van der Waals surface area contributed by atoms with Crippen LogP contribution in [0.4, 0.5) is 10.5 Å². The number of ether oxygens (including phenoxy) is 1. The van der Waals surface area contributed by atoms with Crippen LogP contribution in [0.15, 0.2) is 18.2 Å². The summed E-state index contributed by atoms with van der Waals surface area (Å²) in [4.78, 5) is 23.9. The number of esters is 1. The predicted molar refractivity (Wildman–Crippen MR) is 70.7 cm³/mol. The normalized spacial score (nSPS) is 14.6. The van der Waals surface area contributed by atoms with E-state index in [4.69, 9.17) is 4.74 Å². The van der Waals surface area contributed by atoms with Crippen LogP contribution in [0.2, 0.25) is 0 Å². The Balaban J connectivity index is 2.41. The topological polar surface area (TPSA) is 66.8 Å². The smallest absolute Gasteiger partial charge is 0.412 e. The summed E-state index contributed by atoms with van der Waals surface area (Å²) in [6.07, 6.45) is -0.0844. The maximum atomic E-state index is 11.4. The van der Waals surface area contributed by atoms with Crippen molar-refractivity contribution in [2.45, 2.75) is 39.2 Å². The number of hydrogen-bond acceptors (Lipinski definition) is 3. The first kappa shape index (κ1) is 13.4. The Morgan fingerprint density at radius 3 is 2.58 bits per heavy atom. The number of carbonyl (C=O) groups excluding carboxylic acids is 1. The van der Waals surface area contributed by atoms with Gasteiger partial charge in [-0.3, -0.25) is 9.69 Å². The maximum absolute atomic E-state index is 11.4. The molecule has 0 aromatic heterocycles. The van der Waals surface area contributed by atoms with Crippen molar-refractivity contribution in [1.29, 1.82) is 0 Å². The van der Waals surface area contributed by atoms with Gasteiger partial charge in [0.05, 0.1) is 6.42 Å². The third-order valence-electron chi connectivity index (χ3n) is 2.99. The summed E-state index contributed by atoms with van der Waals surface area (Å²) in [5.41, 5.74) is 0.926. The van der Waals surface area contributed by atoms with Gasteiger partial charge in [0, 0.05) is 11.2 Å². The summed E-state index contributed by atoms with van der Waals surface area (Å²) in [6, 6.07) is 5.10. The number of benzene rings is 1. The summed E-state index contributed by atoms with van der Waals surface area (Å²) < 4.78 is 5.11. The number of fused-ring (bicyclic) bond motifs is 1. The summed E-state index contributed by atoms with van der Waals surface area (Å²) in [5.74, 6) is 0.283. The molecular formula is C14H17NO4. The second kappa shape index (κ2) is 4.57. The van der Waals surface area contributed by atoms with Crippen molar-refractivity contribution in [2.24, 2.45) is 0 Å². The van der Waals surface area contributed by atoms with Gasteiger partial charge in [-0.15, -0.1) is 0 Å². The monoisotopic (exact) mass is 263 g/mol. The first-order chi connectivity index (χ1) is 8.79. The van der Waals surface area contributed by atoms with Crippen molar-refractivity contribution < 1.29 is 19.4 Å². The van der Waals surface area contributed by atoms with Gasteiger partial charge in [0.25, 0.3) is 0 Å². The van der Waals surface area contributed by atoms with Crippen LogP contribution in [0, 0.1) is 0 Å². The molecule has 102 valence electrons. The molecule has 1 aromatic carbocycles.